The molecule has 1 aromatic rings. The first-order chi connectivity index (χ1) is 9.92. The normalized spacial score (nSPS) is 13.4. The summed E-state index contributed by atoms with van der Waals surface area (Å²) in [5.74, 6) is -0.206. The Hall–Kier alpha value is -0.820. The SMILES string of the molecule is COCCNCC(COCC(F)(F)F)c1cccc(Cl)c1. The Kier molecular flexibility index (Phi) is 8.03. The summed E-state index contributed by atoms with van der Waals surface area (Å²) in [6.07, 6.45) is -4.32. The Balaban J connectivity index is 2.57. The van der Waals surface area contributed by atoms with E-state index in [1.807, 2.05) is 6.07 Å². The highest BCUT2D eigenvalue weighted by Crippen LogP contribution is 2.21. The lowest BCUT2D eigenvalue weighted by molar-refractivity contribution is -0.174. The van der Waals surface area contributed by atoms with Crippen molar-refractivity contribution in [1.82, 2.24) is 5.32 Å². The third-order valence-corrected chi connectivity index (χ3v) is 3.01. The van der Waals surface area contributed by atoms with Crippen LogP contribution in [0.2, 0.25) is 5.02 Å². The summed E-state index contributed by atoms with van der Waals surface area (Å²) < 4.78 is 46.1. The quantitative estimate of drug-likeness (QED) is 0.707. The molecule has 1 rings (SSSR count). The summed E-state index contributed by atoms with van der Waals surface area (Å²) in [5.41, 5.74) is 0.842. The van der Waals surface area contributed by atoms with E-state index in [0.29, 0.717) is 24.7 Å². The minimum Gasteiger partial charge on any atom is -0.383 e. The Morgan fingerprint density at radius 2 is 2.10 bits per heavy atom. The first-order valence-corrected chi connectivity index (χ1v) is 6.90. The second kappa shape index (κ2) is 9.25. The van der Waals surface area contributed by atoms with Crippen LogP contribution in [0.3, 0.4) is 0 Å². The van der Waals surface area contributed by atoms with Crippen LogP contribution < -0.4 is 5.32 Å². The molecule has 0 saturated heterocycles. The van der Waals surface area contributed by atoms with E-state index in [2.05, 4.69) is 5.32 Å². The molecule has 1 N–H and O–H groups in total. The molecule has 0 aliphatic carbocycles. The molecule has 0 heterocycles. The van der Waals surface area contributed by atoms with Crippen LogP contribution in [0.4, 0.5) is 13.2 Å². The van der Waals surface area contributed by atoms with Gasteiger partial charge in [-0.1, -0.05) is 23.7 Å². The molecule has 0 radical (unpaired) electrons. The number of alkyl halides is 3. The van der Waals surface area contributed by atoms with Crippen molar-refractivity contribution in [2.24, 2.45) is 0 Å². The van der Waals surface area contributed by atoms with Crippen LogP contribution in [0, 0.1) is 0 Å². The van der Waals surface area contributed by atoms with Crippen molar-refractivity contribution >= 4 is 11.6 Å². The molecule has 1 unspecified atom stereocenters. The Bertz CT molecular complexity index is 415. The van der Waals surface area contributed by atoms with Crippen molar-refractivity contribution in [3.05, 3.63) is 34.9 Å². The summed E-state index contributed by atoms with van der Waals surface area (Å²) in [6.45, 7) is 0.363. The van der Waals surface area contributed by atoms with Gasteiger partial charge in [0, 0.05) is 31.1 Å². The number of ether oxygens (including phenoxy) is 2. The second-order valence-electron chi connectivity index (χ2n) is 4.58. The summed E-state index contributed by atoms with van der Waals surface area (Å²) in [7, 11) is 1.59. The van der Waals surface area contributed by atoms with Crippen molar-refractivity contribution in [3.63, 3.8) is 0 Å². The Morgan fingerprint density at radius 3 is 2.71 bits per heavy atom. The Morgan fingerprint density at radius 1 is 1.33 bits per heavy atom. The first kappa shape index (κ1) is 18.2. The molecular weight excluding hydrogens is 307 g/mol. The lowest BCUT2D eigenvalue weighted by atomic mass is 10.00. The summed E-state index contributed by atoms with van der Waals surface area (Å²) >= 11 is 5.92. The first-order valence-electron chi connectivity index (χ1n) is 6.52. The predicted molar refractivity (Wildman–Crippen MR) is 75.8 cm³/mol. The van der Waals surface area contributed by atoms with Crippen LogP contribution in [-0.4, -0.2) is 46.2 Å². The molecule has 0 aliphatic rings. The lowest BCUT2D eigenvalue weighted by Gasteiger charge is -2.19. The highest BCUT2D eigenvalue weighted by Gasteiger charge is 2.28. The van der Waals surface area contributed by atoms with Crippen molar-refractivity contribution in [3.8, 4) is 0 Å². The maximum atomic E-state index is 12.1. The molecule has 0 fully saturated rings. The highest BCUT2D eigenvalue weighted by molar-refractivity contribution is 6.30. The molecule has 3 nitrogen and oxygen atoms in total. The van der Waals surface area contributed by atoms with Gasteiger partial charge in [0.25, 0.3) is 0 Å². The fourth-order valence-electron chi connectivity index (χ4n) is 1.80. The van der Waals surface area contributed by atoms with E-state index in [0.717, 1.165) is 5.56 Å². The highest BCUT2D eigenvalue weighted by atomic mass is 35.5. The minimum atomic E-state index is -4.32. The molecule has 1 aromatic carbocycles. The zero-order valence-electron chi connectivity index (χ0n) is 11.8. The Labute approximate surface area is 127 Å². The van der Waals surface area contributed by atoms with Gasteiger partial charge in [-0.3, -0.25) is 0 Å². The van der Waals surface area contributed by atoms with Gasteiger partial charge < -0.3 is 14.8 Å². The molecule has 0 aliphatic heterocycles. The van der Waals surface area contributed by atoms with Crippen molar-refractivity contribution in [2.45, 2.75) is 12.1 Å². The maximum absolute atomic E-state index is 12.1. The van der Waals surface area contributed by atoms with E-state index in [-0.39, 0.29) is 12.5 Å². The number of rotatable bonds is 9. The van der Waals surface area contributed by atoms with Crippen molar-refractivity contribution in [2.75, 3.05) is 40.0 Å². The number of hydrogen-bond donors (Lipinski definition) is 1. The third-order valence-electron chi connectivity index (χ3n) is 2.78. The number of nitrogens with one attached hydrogen (secondary N) is 1. The summed E-state index contributed by atoms with van der Waals surface area (Å²) in [6, 6.07) is 7.05. The zero-order chi connectivity index (χ0) is 15.7. The maximum Gasteiger partial charge on any atom is 0.411 e. The number of methoxy groups -OCH3 is 1. The molecular formula is C14H19ClF3NO2. The topological polar surface area (TPSA) is 30.5 Å². The van der Waals surface area contributed by atoms with E-state index >= 15 is 0 Å². The van der Waals surface area contributed by atoms with Crippen LogP contribution in [0.1, 0.15) is 11.5 Å². The van der Waals surface area contributed by atoms with Crippen LogP contribution in [0.15, 0.2) is 24.3 Å². The van der Waals surface area contributed by atoms with Crippen molar-refractivity contribution < 1.29 is 22.6 Å². The smallest absolute Gasteiger partial charge is 0.383 e. The van der Waals surface area contributed by atoms with Crippen LogP contribution in [0.5, 0.6) is 0 Å². The van der Waals surface area contributed by atoms with Gasteiger partial charge in [-0.15, -0.1) is 0 Å². The lowest BCUT2D eigenvalue weighted by Crippen LogP contribution is -2.28. The van der Waals surface area contributed by atoms with Crippen LogP contribution in [0.25, 0.3) is 0 Å². The largest absolute Gasteiger partial charge is 0.411 e. The molecule has 1 atom stereocenters. The van der Waals surface area contributed by atoms with E-state index in [4.69, 9.17) is 21.1 Å². The summed E-state index contributed by atoms with van der Waals surface area (Å²) in [5, 5.41) is 3.67. The average molecular weight is 326 g/mol. The van der Waals surface area contributed by atoms with Gasteiger partial charge in [0.05, 0.1) is 13.2 Å². The van der Waals surface area contributed by atoms with Crippen LogP contribution >= 0.6 is 11.6 Å². The predicted octanol–water partition coefficient (Wildman–Crippen LogP) is 3.24. The fourth-order valence-corrected chi connectivity index (χ4v) is 2.00. The fraction of sp³-hybridized carbons (Fsp3) is 0.571. The molecule has 0 amide bonds. The van der Waals surface area contributed by atoms with E-state index in [9.17, 15) is 13.2 Å². The van der Waals surface area contributed by atoms with Gasteiger partial charge in [-0.05, 0) is 17.7 Å². The molecule has 120 valence electrons. The van der Waals surface area contributed by atoms with Crippen molar-refractivity contribution in [1.29, 1.82) is 0 Å². The van der Waals surface area contributed by atoms with E-state index in [1.54, 1.807) is 25.3 Å². The van der Waals surface area contributed by atoms with Gasteiger partial charge >= 0.3 is 6.18 Å². The number of hydrogen-bond acceptors (Lipinski definition) is 3. The van der Waals surface area contributed by atoms with Gasteiger partial charge in [0.2, 0.25) is 0 Å². The third kappa shape index (κ3) is 8.26. The van der Waals surface area contributed by atoms with Crippen LogP contribution in [-0.2, 0) is 9.47 Å². The molecule has 0 bridgehead atoms. The molecule has 0 saturated carbocycles. The molecule has 21 heavy (non-hydrogen) atoms. The van der Waals surface area contributed by atoms with Gasteiger partial charge in [0.1, 0.15) is 6.61 Å². The van der Waals surface area contributed by atoms with E-state index < -0.39 is 12.8 Å². The summed E-state index contributed by atoms with van der Waals surface area (Å²) in [4.78, 5) is 0. The molecule has 0 aromatic heterocycles. The zero-order valence-corrected chi connectivity index (χ0v) is 12.5. The number of halogens is 4. The van der Waals surface area contributed by atoms with Gasteiger partial charge in [0.15, 0.2) is 0 Å². The molecule has 7 heteroatoms. The van der Waals surface area contributed by atoms with Gasteiger partial charge in [-0.25, -0.2) is 0 Å². The minimum absolute atomic E-state index is 0.0279. The number of benzene rings is 1. The second-order valence-corrected chi connectivity index (χ2v) is 5.02. The average Bonchev–Trinajstić information content (AvgIpc) is 2.40. The standard InChI is InChI=1S/C14H19ClF3NO2/c1-20-6-5-19-8-12(9-21-10-14(16,17)18)11-3-2-4-13(15)7-11/h2-4,7,12,19H,5-6,8-10H2,1H3. The van der Waals surface area contributed by atoms with Gasteiger partial charge in [-0.2, -0.15) is 13.2 Å². The molecule has 0 spiro atoms. The van der Waals surface area contributed by atoms with E-state index in [1.165, 1.54) is 0 Å². The monoisotopic (exact) mass is 325 g/mol.